The van der Waals surface area contributed by atoms with E-state index in [0.717, 1.165) is 0 Å². The summed E-state index contributed by atoms with van der Waals surface area (Å²) in [5.74, 6) is 0.0745. The molecule has 1 aromatic carbocycles. The predicted molar refractivity (Wildman–Crippen MR) is 86.8 cm³/mol. The molecule has 1 aromatic heterocycles. The van der Waals surface area contributed by atoms with Crippen molar-refractivity contribution in [2.75, 3.05) is 16.8 Å². The molecule has 0 bridgehead atoms. The second kappa shape index (κ2) is 6.22. The molecule has 1 unspecified atom stereocenters. The van der Waals surface area contributed by atoms with E-state index in [2.05, 4.69) is 10.5 Å². The Balaban J connectivity index is 1.72. The zero-order valence-corrected chi connectivity index (χ0v) is 13.7. The quantitative estimate of drug-likeness (QED) is 0.918. The molecule has 2 aromatic rings. The average Bonchev–Trinajstić information content (AvgIpc) is 3.09. The first-order chi connectivity index (χ1) is 11.0. The number of rotatable bonds is 3. The Kier molecular flexibility index (Phi) is 4.28. The molecular weight excluding hydrogens is 341 g/mol. The van der Waals surface area contributed by atoms with Crippen molar-refractivity contribution in [2.45, 2.75) is 13.3 Å². The van der Waals surface area contributed by atoms with Crippen molar-refractivity contribution in [3.05, 3.63) is 40.1 Å². The van der Waals surface area contributed by atoms with E-state index in [9.17, 15) is 9.59 Å². The second-order valence-corrected chi connectivity index (χ2v) is 6.08. The van der Waals surface area contributed by atoms with Crippen LogP contribution in [0.25, 0.3) is 0 Å². The lowest BCUT2D eigenvalue weighted by molar-refractivity contribution is -0.122. The van der Waals surface area contributed by atoms with Crippen molar-refractivity contribution in [1.82, 2.24) is 5.16 Å². The predicted octanol–water partition coefficient (Wildman–Crippen LogP) is 3.28. The monoisotopic (exact) mass is 353 g/mol. The maximum atomic E-state index is 12.4. The van der Waals surface area contributed by atoms with Crippen LogP contribution in [0.3, 0.4) is 0 Å². The fourth-order valence-electron chi connectivity index (χ4n) is 2.42. The van der Waals surface area contributed by atoms with Gasteiger partial charge in [0.25, 0.3) is 0 Å². The van der Waals surface area contributed by atoms with Gasteiger partial charge in [0.15, 0.2) is 5.82 Å². The van der Waals surface area contributed by atoms with Gasteiger partial charge in [-0.1, -0.05) is 34.4 Å². The maximum Gasteiger partial charge on any atom is 0.229 e. The normalized spacial score (nSPS) is 17.6. The SMILES string of the molecule is Cc1cc(N2CC(C(=O)Nc3cccc(Cl)c3Cl)CC2=O)no1. The van der Waals surface area contributed by atoms with Gasteiger partial charge in [-0.15, -0.1) is 0 Å². The third-order valence-electron chi connectivity index (χ3n) is 3.60. The Morgan fingerprint density at radius 2 is 2.22 bits per heavy atom. The molecule has 1 aliphatic rings. The number of nitrogens with zero attached hydrogens (tertiary/aromatic N) is 2. The lowest BCUT2D eigenvalue weighted by Crippen LogP contribution is -2.28. The maximum absolute atomic E-state index is 12.4. The van der Waals surface area contributed by atoms with Crippen LogP contribution in [0.5, 0.6) is 0 Å². The third-order valence-corrected chi connectivity index (χ3v) is 4.42. The van der Waals surface area contributed by atoms with Crippen molar-refractivity contribution in [2.24, 2.45) is 5.92 Å². The molecule has 1 saturated heterocycles. The highest BCUT2D eigenvalue weighted by molar-refractivity contribution is 6.44. The van der Waals surface area contributed by atoms with Crippen LogP contribution in [0, 0.1) is 12.8 Å². The highest BCUT2D eigenvalue weighted by Crippen LogP contribution is 2.31. The number of anilines is 2. The minimum Gasteiger partial charge on any atom is -0.360 e. The average molecular weight is 354 g/mol. The van der Waals surface area contributed by atoms with Crippen molar-refractivity contribution in [1.29, 1.82) is 0 Å². The number of hydrogen-bond donors (Lipinski definition) is 1. The molecule has 1 fully saturated rings. The summed E-state index contributed by atoms with van der Waals surface area (Å²) in [6.07, 6.45) is 0.107. The molecule has 1 aliphatic heterocycles. The highest BCUT2D eigenvalue weighted by atomic mass is 35.5. The topological polar surface area (TPSA) is 75.4 Å². The number of halogens is 2. The molecule has 6 nitrogen and oxygen atoms in total. The minimum atomic E-state index is -0.491. The van der Waals surface area contributed by atoms with Crippen molar-refractivity contribution < 1.29 is 14.1 Å². The fourth-order valence-corrected chi connectivity index (χ4v) is 2.77. The molecule has 1 N–H and O–H groups in total. The number of aryl methyl sites for hydroxylation is 1. The van der Waals surface area contributed by atoms with Crippen LogP contribution >= 0.6 is 23.2 Å². The summed E-state index contributed by atoms with van der Waals surface area (Å²) in [7, 11) is 0. The second-order valence-electron chi connectivity index (χ2n) is 5.29. The lowest BCUT2D eigenvalue weighted by Gasteiger charge is -2.13. The Morgan fingerprint density at radius 1 is 1.43 bits per heavy atom. The molecule has 2 amide bonds. The molecule has 3 rings (SSSR count). The van der Waals surface area contributed by atoms with E-state index in [0.29, 0.717) is 22.3 Å². The molecular formula is C15H13Cl2N3O3. The Hall–Kier alpha value is -2.05. The summed E-state index contributed by atoms with van der Waals surface area (Å²) in [6.45, 7) is 1.98. The van der Waals surface area contributed by atoms with Gasteiger partial charge < -0.3 is 9.84 Å². The van der Waals surface area contributed by atoms with Crippen LogP contribution in [-0.2, 0) is 9.59 Å². The van der Waals surface area contributed by atoms with Gasteiger partial charge in [0.1, 0.15) is 5.76 Å². The zero-order valence-electron chi connectivity index (χ0n) is 12.2. The number of benzene rings is 1. The highest BCUT2D eigenvalue weighted by Gasteiger charge is 2.36. The Morgan fingerprint density at radius 3 is 2.91 bits per heavy atom. The molecule has 0 aliphatic carbocycles. The molecule has 120 valence electrons. The molecule has 0 radical (unpaired) electrons. The van der Waals surface area contributed by atoms with Crippen molar-refractivity contribution in [3.8, 4) is 0 Å². The lowest BCUT2D eigenvalue weighted by atomic mass is 10.1. The smallest absolute Gasteiger partial charge is 0.229 e. The summed E-state index contributed by atoms with van der Waals surface area (Å²) >= 11 is 12.0. The van der Waals surface area contributed by atoms with E-state index in [4.69, 9.17) is 27.7 Å². The van der Waals surface area contributed by atoms with E-state index in [-0.39, 0.29) is 29.8 Å². The molecule has 0 saturated carbocycles. The molecule has 23 heavy (non-hydrogen) atoms. The van der Waals surface area contributed by atoms with Gasteiger partial charge in [0.2, 0.25) is 11.8 Å². The first kappa shape index (κ1) is 15.8. The van der Waals surface area contributed by atoms with Crippen LogP contribution in [0.15, 0.2) is 28.8 Å². The van der Waals surface area contributed by atoms with Crippen molar-refractivity contribution in [3.63, 3.8) is 0 Å². The van der Waals surface area contributed by atoms with Gasteiger partial charge in [0.05, 0.1) is 21.7 Å². The van der Waals surface area contributed by atoms with Gasteiger partial charge in [0, 0.05) is 19.0 Å². The minimum absolute atomic E-state index is 0.107. The number of carbonyl (C=O) groups is 2. The number of amides is 2. The fraction of sp³-hybridized carbons (Fsp3) is 0.267. The summed E-state index contributed by atoms with van der Waals surface area (Å²) in [5.41, 5.74) is 0.423. The van der Waals surface area contributed by atoms with Crippen LogP contribution in [0.2, 0.25) is 10.0 Å². The summed E-state index contributed by atoms with van der Waals surface area (Å²) < 4.78 is 4.97. The van der Waals surface area contributed by atoms with Gasteiger partial charge in [-0.25, -0.2) is 0 Å². The van der Waals surface area contributed by atoms with Crippen LogP contribution in [-0.4, -0.2) is 23.5 Å². The van der Waals surface area contributed by atoms with Crippen LogP contribution in [0.4, 0.5) is 11.5 Å². The Bertz CT molecular complexity index is 775. The van der Waals surface area contributed by atoms with Crippen LogP contribution in [0.1, 0.15) is 12.2 Å². The largest absolute Gasteiger partial charge is 0.360 e. The molecule has 0 spiro atoms. The molecule has 2 heterocycles. The van der Waals surface area contributed by atoms with Gasteiger partial charge in [-0.3, -0.25) is 14.5 Å². The zero-order chi connectivity index (χ0) is 16.6. The molecule has 8 heteroatoms. The van der Waals surface area contributed by atoms with Gasteiger partial charge >= 0.3 is 0 Å². The Labute approximate surface area is 142 Å². The summed E-state index contributed by atoms with van der Waals surface area (Å²) in [6, 6.07) is 6.63. The summed E-state index contributed by atoms with van der Waals surface area (Å²) in [4.78, 5) is 25.9. The van der Waals surface area contributed by atoms with E-state index >= 15 is 0 Å². The number of hydrogen-bond acceptors (Lipinski definition) is 4. The van der Waals surface area contributed by atoms with Gasteiger partial charge in [-0.2, -0.15) is 0 Å². The van der Waals surface area contributed by atoms with E-state index < -0.39 is 5.92 Å². The summed E-state index contributed by atoms with van der Waals surface area (Å²) in [5, 5.41) is 7.15. The van der Waals surface area contributed by atoms with Crippen LogP contribution < -0.4 is 10.2 Å². The third kappa shape index (κ3) is 3.18. The van der Waals surface area contributed by atoms with E-state index in [1.807, 2.05) is 0 Å². The van der Waals surface area contributed by atoms with E-state index in [1.54, 1.807) is 31.2 Å². The van der Waals surface area contributed by atoms with Gasteiger partial charge in [-0.05, 0) is 19.1 Å². The standard InChI is InChI=1S/C15H13Cl2N3O3/c1-8-5-12(19-23-8)20-7-9(6-13(20)21)15(22)18-11-4-2-3-10(16)14(11)17/h2-5,9H,6-7H2,1H3,(H,18,22). The number of aromatic nitrogens is 1. The number of carbonyl (C=O) groups excluding carboxylic acids is 2. The van der Waals surface area contributed by atoms with Crippen molar-refractivity contribution >= 4 is 46.5 Å². The first-order valence-corrected chi connectivity index (χ1v) is 7.70. The first-order valence-electron chi connectivity index (χ1n) is 6.94. The number of nitrogens with one attached hydrogen (secondary N) is 1. The molecule has 1 atom stereocenters. The van der Waals surface area contributed by atoms with E-state index in [1.165, 1.54) is 4.90 Å².